The lowest BCUT2D eigenvalue weighted by Gasteiger charge is -2.07. The third kappa shape index (κ3) is 16.7. The molecule has 1 atom stereocenters. The Hall–Kier alpha value is -1.65. The third-order valence-corrected chi connectivity index (χ3v) is 3.43. The van der Waals surface area contributed by atoms with Crippen molar-refractivity contribution in [2.45, 2.75) is 70.8 Å². The standard InChI is InChI=1S/C20H32O4/c1-2-3-13-16-19(24-23)17-14-11-9-7-5-4-6-8-10-12-15-18-20(21)22/h4-5,8-11,14,17,19,23H,2-3,6-7,12-13,15-16,18H2,1H3,(H,21,22)/p-1/b5-4-,10-8-,11-9-,17-14+/t19-/m0/s1. The molecule has 1 N–H and O–H groups in total. The number of hydrogen-bond donors (Lipinski definition) is 1. The van der Waals surface area contributed by atoms with Crippen LogP contribution in [0.3, 0.4) is 0 Å². The van der Waals surface area contributed by atoms with E-state index in [4.69, 9.17) is 5.26 Å². The van der Waals surface area contributed by atoms with Gasteiger partial charge < -0.3 is 9.90 Å². The van der Waals surface area contributed by atoms with E-state index < -0.39 is 5.97 Å². The van der Waals surface area contributed by atoms with Crippen LogP contribution in [0.25, 0.3) is 0 Å². The Kier molecular flexibility index (Phi) is 16.5. The molecule has 0 aromatic heterocycles. The molecule has 0 aliphatic rings. The Labute approximate surface area is 146 Å². The topological polar surface area (TPSA) is 69.6 Å². The largest absolute Gasteiger partial charge is 0.550 e. The van der Waals surface area contributed by atoms with Crippen molar-refractivity contribution >= 4 is 5.97 Å². The van der Waals surface area contributed by atoms with Crippen molar-refractivity contribution in [3.8, 4) is 0 Å². The van der Waals surface area contributed by atoms with Gasteiger partial charge in [-0.2, -0.15) is 0 Å². The first-order valence-electron chi connectivity index (χ1n) is 8.84. The number of hydrogen-bond acceptors (Lipinski definition) is 4. The normalized spacial score (nSPS) is 13.8. The fraction of sp³-hybridized carbons (Fsp3) is 0.550. The van der Waals surface area contributed by atoms with Crippen molar-refractivity contribution in [2.24, 2.45) is 0 Å². The van der Waals surface area contributed by atoms with Crippen molar-refractivity contribution in [3.63, 3.8) is 0 Å². The minimum Gasteiger partial charge on any atom is -0.550 e. The average molecular weight is 335 g/mol. The summed E-state index contributed by atoms with van der Waals surface area (Å²) in [5.74, 6) is -0.984. The number of aliphatic carboxylic acids is 1. The molecule has 0 aromatic carbocycles. The molecule has 0 heterocycles. The number of rotatable bonds is 15. The summed E-state index contributed by atoms with van der Waals surface area (Å²) in [6.45, 7) is 2.15. The van der Waals surface area contributed by atoms with E-state index in [9.17, 15) is 9.90 Å². The van der Waals surface area contributed by atoms with Crippen LogP contribution in [-0.2, 0) is 9.68 Å². The summed E-state index contributed by atoms with van der Waals surface area (Å²) in [6.07, 6.45) is 23.2. The molecule has 4 nitrogen and oxygen atoms in total. The van der Waals surface area contributed by atoms with E-state index in [-0.39, 0.29) is 12.5 Å². The summed E-state index contributed by atoms with van der Waals surface area (Å²) in [7, 11) is 0. The number of unbranched alkanes of at least 4 members (excludes halogenated alkanes) is 3. The molecule has 0 unspecified atom stereocenters. The monoisotopic (exact) mass is 335 g/mol. The van der Waals surface area contributed by atoms with E-state index in [1.165, 1.54) is 0 Å². The van der Waals surface area contributed by atoms with Crippen LogP contribution < -0.4 is 5.11 Å². The summed E-state index contributed by atoms with van der Waals surface area (Å²) in [5, 5.41) is 19.0. The average Bonchev–Trinajstić information content (AvgIpc) is 2.57. The minimum absolute atomic E-state index is 0.124. The maximum Gasteiger partial charge on any atom is 0.111 e. The fourth-order valence-electron chi connectivity index (χ4n) is 2.05. The van der Waals surface area contributed by atoms with Gasteiger partial charge in [-0.25, -0.2) is 4.89 Å². The highest BCUT2D eigenvalue weighted by atomic mass is 17.1. The summed E-state index contributed by atoms with van der Waals surface area (Å²) in [6, 6.07) is 0. The van der Waals surface area contributed by atoms with E-state index in [1.807, 2.05) is 36.5 Å². The quantitative estimate of drug-likeness (QED) is 0.159. The lowest BCUT2D eigenvalue weighted by molar-refractivity contribution is -0.305. The number of carbonyl (C=O) groups excluding carboxylic acids is 1. The van der Waals surface area contributed by atoms with E-state index in [0.717, 1.165) is 44.9 Å². The highest BCUT2D eigenvalue weighted by molar-refractivity contribution is 5.64. The third-order valence-electron chi connectivity index (χ3n) is 3.43. The predicted molar refractivity (Wildman–Crippen MR) is 96.3 cm³/mol. The smallest absolute Gasteiger partial charge is 0.111 e. The van der Waals surface area contributed by atoms with Crippen LogP contribution in [0.5, 0.6) is 0 Å². The summed E-state index contributed by atoms with van der Waals surface area (Å²) in [4.78, 5) is 14.6. The highest BCUT2D eigenvalue weighted by Crippen LogP contribution is 2.07. The van der Waals surface area contributed by atoms with Crippen LogP contribution in [0.4, 0.5) is 0 Å². The lowest BCUT2D eigenvalue weighted by atomic mass is 10.1. The molecule has 0 spiro atoms. The van der Waals surface area contributed by atoms with Crippen LogP contribution in [0, 0.1) is 0 Å². The van der Waals surface area contributed by atoms with Crippen molar-refractivity contribution in [3.05, 3.63) is 48.6 Å². The summed E-state index contributed by atoms with van der Waals surface area (Å²) < 4.78 is 0. The Bertz CT molecular complexity index is 408. The van der Waals surface area contributed by atoms with Gasteiger partial charge in [0, 0.05) is 5.97 Å². The zero-order valence-corrected chi connectivity index (χ0v) is 14.7. The van der Waals surface area contributed by atoms with Gasteiger partial charge in [-0.1, -0.05) is 74.8 Å². The van der Waals surface area contributed by atoms with Crippen molar-refractivity contribution in [1.29, 1.82) is 0 Å². The summed E-state index contributed by atoms with van der Waals surface area (Å²) >= 11 is 0. The molecule has 0 aromatic rings. The Morgan fingerprint density at radius 3 is 2.42 bits per heavy atom. The second kappa shape index (κ2) is 17.7. The molecule has 0 radical (unpaired) electrons. The van der Waals surface area contributed by atoms with E-state index in [0.29, 0.717) is 6.42 Å². The zero-order chi connectivity index (χ0) is 17.9. The zero-order valence-electron chi connectivity index (χ0n) is 14.7. The van der Waals surface area contributed by atoms with Gasteiger partial charge in [0.1, 0.15) is 6.10 Å². The van der Waals surface area contributed by atoms with Gasteiger partial charge in [-0.15, -0.1) is 0 Å². The molecule has 0 saturated carbocycles. The maximum atomic E-state index is 10.2. The fourth-order valence-corrected chi connectivity index (χ4v) is 2.05. The first-order valence-corrected chi connectivity index (χ1v) is 8.84. The summed E-state index contributed by atoms with van der Waals surface area (Å²) in [5.41, 5.74) is 0. The molecular formula is C20H31O4-. The van der Waals surface area contributed by atoms with Crippen LogP contribution in [0.1, 0.15) is 64.7 Å². The molecule has 0 fully saturated rings. The van der Waals surface area contributed by atoms with E-state index >= 15 is 0 Å². The van der Waals surface area contributed by atoms with Gasteiger partial charge in [-0.3, -0.25) is 5.26 Å². The molecule has 0 aliphatic carbocycles. The van der Waals surface area contributed by atoms with Gasteiger partial charge in [0.2, 0.25) is 0 Å². The molecule has 0 rings (SSSR count). The first-order chi connectivity index (χ1) is 11.7. The predicted octanol–water partition coefficient (Wildman–Crippen LogP) is 4.35. The number of allylic oxidation sites excluding steroid dienone is 7. The van der Waals surface area contributed by atoms with Gasteiger partial charge >= 0.3 is 0 Å². The Balaban J connectivity index is 3.70. The molecular weight excluding hydrogens is 304 g/mol. The van der Waals surface area contributed by atoms with Crippen LogP contribution in [-0.4, -0.2) is 17.3 Å². The highest BCUT2D eigenvalue weighted by Gasteiger charge is 2.02. The van der Waals surface area contributed by atoms with Crippen LogP contribution >= 0.6 is 0 Å². The molecule has 0 saturated heterocycles. The molecule has 0 aliphatic heterocycles. The molecule has 0 amide bonds. The molecule has 136 valence electrons. The maximum absolute atomic E-state index is 10.2. The van der Waals surface area contributed by atoms with E-state index in [1.54, 1.807) is 0 Å². The molecule has 4 heteroatoms. The van der Waals surface area contributed by atoms with Crippen molar-refractivity contribution in [2.75, 3.05) is 0 Å². The van der Waals surface area contributed by atoms with Crippen LogP contribution in [0.15, 0.2) is 48.6 Å². The Morgan fingerprint density at radius 1 is 1.04 bits per heavy atom. The van der Waals surface area contributed by atoms with Gasteiger partial charge in [0.05, 0.1) is 0 Å². The van der Waals surface area contributed by atoms with Crippen molar-refractivity contribution in [1.82, 2.24) is 0 Å². The Morgan fingerprint density at radius 2 is 1.75 bits per heavy atom. The van der Waals surface area contributed by atoms with Gasteiger partial charge in [0.25, 0.3) is 0 Å². The number of carbonyl (C=O) groups is 1. The van der Waals surface area contributed by atoms with Gasteiger partial charge in [-0.05, 0) is 38.5 Å². The number of carboxylic acid groups (broad SMARTS) is 1. The SMILES string of the molecule is CCCCC[C@@H](/C=C/C=C\C/C=C\C/C=C\CCCC(=O)[O-])OO. The second-order valence-corrected chi connectivity index (χ2v) is 5.63. The molecule has 24 heavy (non-hydrogen) atoms. The second-order valence-electron chi connectivity index (χ2n) is 5.63. The first kappa shape index (κ1) is 22.4. The van der Waals surface area contributed by atoms with Crippen molar-refractivity contribution < 1.29 is 20.0 Å². The van der Waals surface area contributed by atoms with Crippen LogP contribution in [0.2, 0.25) is 0 Å². The van der Waals surface area contributed by atoms with E-state index in [2.05, 4.69) is 24.0 Å². The molecule has 0 bridgehead atoms. The van der Waals surface area contributed by atoms with Gasteiger partial charge in [0.15, 0.2) is 0 Å². The minimum atomic E-state index is -0.984. The number of carboxylic acids is 1. The lowest BCUT2D eigenvalue weighted by Crippen LogP contribution is -2.21.